The van der Waals surface area contributed by atoms with Crippen molar-refractivity contribution in [3.05, 3.63) is 78.1 Å². The van der Waals surface area contributed by atoms with Crippen LogP contribution in [0.2, 0.25) is 0 Å². The monoisotopic (exact) mass is 547 g/mol. The number of hydrogen-bond acceptors (Lipinski definition) is 4. The van der Waals surface area contributed by atoms with Crippen LogP contribution in [0, 0.1) is 5.82 Å². The van der Waals surface area contributed by atoms with Crippen LogP contribution in [0.1, 0.15) is 57.3 Å². The van der Waals surface area contributed by atoms with Crippen molar-refractivity contribution in [2.24, 2.45) is 0 Å². The highest BCUT2D eigenvalue weighted by Gasteiger charge is 2.61. The van der Waals surface area contributed by atoms with Crippen LogP contribution >= 0.6 is 0 Å². The molecule has 0 unspecified atom stereocenters. The van der Waals surface area contributed by atoms with E-state index >= 15 is 0 Å². The normalized spacial score (nSPS) is 20.9. The third-order valence-corrected chi connectivity index (χ3v) is 8.23. The highest BCUT2D eigenvalue weighted by molar-refractivity contribution is 5.97. The first-order valence-corrected chi connectivity index (χ1v) is 13.9. The summed E-state index contributed by atoms with van der Waals surface area (Å²) in [5, 5.41) is 0. The summed E-state index contributed by atoms with van der Waals surface area (Å²) >= 11 is 0. The van der Waals surface area contributed by atoms with Crippen molar-refractivity contribution in [3.63, 3.8) is 0 Å². The molecule has 2 aliphatic rings. The summed E-state index contributed by atoms with van der Waals surface area (Å²) in [7, 11) is 1.63. The number of likely N-dealkylation sites (tertiary alicyclic amines) is 1. The number of carbonyl (C=O) groups excluding carboxylic acids is 2. The second-order valence-corrected chi connectivity index (χ2v) is 11.4. The van der Waals surface area contributed by atoms with E-state index in [1.807, 2.05) is 58.7 Å². The number of aromatic nitrogens is 2. The molecular formula is C31H38FN5O3. The number of rotatable bonds is 8. The fourth-order valence-electron chi connectivity index (χ4n) is 6.34. The number of methoxy groups -OCH3 is 1. The van der Waals surface area contributed by atoms with Gasteiger partial charge in [0.15, 0.2) is 0 Å². The maximum atomic E-state index is 14.5. The second kappa shape index (κ2) is 10.9. The van der Waals surface area contributed by atoms with Gasteiger partial charge in [-0.25, -0.2) is 14.2 Å². The van der Waals surface area contributed by atoms with Gasteiger partial charge < -0.3 is 19.1 Å². The van der Waals surface area contributed by atoms with Crippen LogP contribution < -0.4 is 9.64 Å². The van der Waals surface area contributed by atoms with Gasteiger partial charge in [-0.05, 0) is 38.1 Å². The Labute approximate surface area is 235 Å². The Bertz CT molecular complexity index is 1390. The molecule has 2 saturated heterocycles. The summed E-state index contributed by atoms with van der Waals surface area (Å²) in [6, 6.07) is 13.7. The number of anilines is 1. The Morgan fingerprint density at radius 3 is 2.60 bits per heavy atom. The summed E-state index contributed by atoms with van der Waals surface area (Å²) < 4.78 is 22.3. The zero-order valence-corrected chi connectivity index (χ0v) is 23.9. The second-order valence-electron chi connectivity index (χ2n) is 11.4. The first kappa shape index (κ1) is 27.7. The lowest BCUT2D eigenvalue weighted by Gasteiger charge is -2.38. The number of imidazole rings is 1. The van der Waals surface area contributed by atoms with E-state index in [4.69, 9.17) is 4.74 Å². The minimum Gasteiger partial charge on any atom is -0.496 e. The van der Waals surface area contributed by atoms with E-state index in [0.29, 0.717) is 44.0 Å². The molecule has 212 valence electrons. The van der Waals surface area contributed by atoms with Crippen LogP contribution in [0.5, 0.6) is 5.75 Å². The Balaban J connectivity index is 1.55. The predicted molar refractivity (Wildman–Crippen MR) is 152 cm³/mol. The van der Waals surface area contributed by atoms with Crippen molar-refractivity contribution < 1.29 is 18.7 Å². The Morgan fingerprint density at radius 2 is 1.90 bits per heavy atom. The number of aryl methyl sites for hydroxylation is 1. The van der Waals surface area contributed by atoms with Gasteiger partial charge in [0.2, 0.25) is 5.91 Å². The van der Waals surface area contributed by atoms with Gasteiger partial charge >= 0.3 is 6.03 Å². The maximum Gasteiger partial charge on any atom is 0.325 e. The van der Waals surface area contributed by atoms with Crippen molar-refractivity contribution in [3.8, 4) is 5.75 Å². The summed E-state index contributed by atoms with van der Waals surface area (Å²) in [4.78, 5) is 37.6. The van der Waals surface area contributed by atoms with Crippen molar-refractivity contribution in [1.29, 1.82) is 0 Å². The quantitative estimate of drug-likeness (QED) is 0.386. The van der Waals surface area contributed by atoms with Gasteiger partial charge in [-0.2, -0.15) is 0 Å². The zero-order chi connectivity index (χ0) is 28.6. The highest BCUT2D eigenvalue weighted by atomic mass is 19.1. The average molecular weight is 548 g/mol. The smallest absolute Gasteiger partial charge is 0.325 e. The van der Waals surface area contributed by atoms with Crippen molar-refractivity contribution >= 4 is 17.6 Å². The largest absolute Gasteiger partial charge is 0.496 e. The molecule has 0 saturated carbocycles. The van der Waals surface area contributed by atoms with E-state index < -0.39 is 11.4 Å². The van der Waals surface area contributed by atoms with Crippen LogP contribution in [-0.2, 0) is 11.3 Å². The molecule has 3 amide bonds. The predicted octanol–water partition coefficient (Wildman–Crippen LogP) is 5.26. The van der Waals surface area contributed by atoms with E-state index in [1.165, 1.54) is 12.1 Å². The molecular weight excluding hydrogens is 509 g/mol. The number of halogens is 1. The van der Waals surface area contributed by atoms with Crippen molar-refractivity contribution in [2.45, 2.75) is 64.1 Å². The van der Waals surface area contributed by atoms with Gasteiger partial charge in [-0.3, -0.25) is 9.69 Å². The van der Waals surface area contributed by atoms with E-state index in [9.17, 15) is 14.0 Å². The average Bonchev–Trinajstić information content (AvgIpc) is 3.63. The number of carbonyl (C=O) groups is 2. The van der Waals surface area contributed by atoms with Gasteiger partial charge in [0.25, 0.3) is 0 Å². The third kappa shape index (κ3) is 4.82. The number of hydrogen-bond donors (Lipinski definition) is 0. The number of benzene rings is 2. The molecule has 1 spiro atoms. The molecule has 2 aliphatic heterocycles. The first-order valence-electron chi connectivity index (χ1n) is 13.9. The lowest BCUT2D eigenvalue weighted by atomic mass is 9.80. The van der Waals surface area contributed by atoms with Crippen LogP contribution in [0.4, 0.5) is 14.9 Å². The molecule has 8 nitrogen and oxygen atoms in total. The molecule has 2 fully saturated rings. The SMILES string of the molecule is COc1ccccc1[C@H]1CN(C(=O)CCn2ccnc2C(C)C)C[C@@]12CN(C(C)C)C(=O)N2c1cccc(F)c1. The molecule has 0 N–H and O–H groups in total. The summed E-state index contributed by atoms with van der Waals surface area (Å²) in [5.41, 5.74) is 0.608. The van der Waals surface area contributed by atoms with Crippen molar-refractivity contribution in [1.82, 2.24) is 19.4 Å². The molecule has 3 aromatic rings. The summed E-state index contributed by atoms with van der Waals surface area (Å²) in [5.74, 6) is 1.25. The van der Waals surface area contributed by atoms with Gasteiger partial charge in [0, 0.05) is 74.1 Å². The number of amides is 3. The highest BCUT2D eigenvalue weighted by Crippen LogP contribution is 2.49. The summed E-state index contributed by atoms with van der Waals surface area (Å²) in [6.07, 6.45) is 3.99. The molecule has 3 heterocycles. The fourth-order valence-corrected chi connectivity index (χ4v) is 6.34. The Kier molecular flexibility index (Phi) is 7.57. The molecule has 0 radical (unpaired) electrons. The van der Waals surface area contributed by atoms with E-state index in [1.54, 1.807) is 30.3 Å². The molecule has 0 bridgehead atoms. The van der Waals surface area contributed by atoms with Gasteiger partial charge in [-0.15, -0.1) is 0 Å². The summed E-state index contributed by atoms with van der Waals surface area (Å²) in [6.45, 7) is 9.82. The first-order chi connectivity index (χ1) is 19.2. The standard InChI is InChI=1S/C31H38FN5O3/c1-21(2)29-33-14-16-34(29)15-13-28(38)35-18-26(25-11-6-7-12-27(25)40-5)31(19-35)20-36(22(3)4)30(39)37(31)24-10-8-9-23(32)17-24/h6-12,14,16-17,21-22,26H,13,15,18-20H2,1-5H3/t26-,31-/m1/s1. The molecule has 9 heteroatoms. The number of nitrogens with zero attached hydrogens (tertiary/aromatic N) is 5. The molecule has 2 aromatic carbocycles. The minimum absolute atomic E-state index is 0.00909. The third-order valence-electron chi connectivity index (χ3n) is 8.23. The van der Waals surface area contributed by atoms with Crippen LogP contribution in [-0.4, -0.2) is 69.6 Å². The lowest BCUT2D eigenvalue weighted by Crippen LogP contribution is -2.53. The maximum absolute atomic E-state index is 14.5. The number of para-hydroxylation sites is 1. The Morgan fingerprint density at radius 1 is 1.12 bits per heavy atom. The molecule has 0 aliphatic carbocycles. The topological polar surface area (TPSA) is 70.9 Å². The van der Waals surface area contributed by atoms with Crippen LogP contribution in [0.25, 0.3) is 0 Å². The minimum atomic E-state index is -0.808. The number of ether oxygens (including phenoxy) is 1. The number of urea groups is 1. The molecule has 2 atom stereocenters. The lowest BCUT2D eigenvalue weighted by molar-refractivity contribution is -0.130. The fraction of sp³-hybridized carbons (Fsp3) is 0.452. The molecule has 40 heavy (non-hydrogen) atoms. The molecule has 5 rings (SSSR count). The van der Waals surface area contributed by atoms with Crippen LogP contribution in [0.3, 0.4) is 0 Å². The molecule has 1 aromatic heterocycles. The van der Waals surface area contributed by atoms with Gasteiger partial charge in [0.05, 0.1) is 12.6 Å². The van der Waals surface area contributed by atoms with E-state index in [0.717, 1.165) is 11.4 Å². The van der Waals surface area contributed by atoms with Gasteiger partial charge in [-0.1, -0.05) is 38.1 Å². The van der Waals surface area contributed by atoms with Crippen LogP contribution in [0.15, 0.2) is 60.9 Å². The Hall–Kier alpha value is -3.88. The zero-order valence-electron chi connectivity index (χ0n) is 23.9. The van der Waals surface area contributed by atoms with Crippen molar-refractivity contribution in [2.75, 3.05) is 31.6 Å². The van der Waals surface area contributed by atoms with E-state index in [2.05, 4.69) is 18.8 Å². The van der Waals surface area contributed by atoms with Gasteiger partial charge in [0.1, 0.15) is 17.4 Å². The van der Waals surface area contributed by atoms with E-state index in [-0.39, 0.29) is 29.8 Å².